The van der Waals surface area contributed by atoms with Crippen LogP contribution in [0.4, 0.5) is 24.7 Å². The second-order valence-electron chi connectivity index (χ2n) is 9.97. The van der Waals surface area contributed by atoms with Gasteiger partial charge in [0.15, 0.2) is 0 Å². The molecule has 8 nitrogen and oxygen atoms in total. The van der Waals surface area contributed by atoms with Crippen molar-refractivity contribution in [3.8, 4) is 5.69 Å². The van der Waals surface area contributed by atoms with Crippen LogP contribution in [0.3, 0.4) is 0 Å². The fraction of sp³-hybridized carbons (Fsp3) is 0.226. The molecule has 2 N–H and O–H groups in total. The minimum absolute atomic E-state index is 0.228. The van der Waals surface area contributed by atoms with Crippen LogP contribution in [0.1, 0.15) is 52.5 Å². The molecule has 0 fully saturated rings. The molecule has 42 heavy (non-hydrogen) atoms. The van der Waals surface area contributed by atoms with Crippen molar-refractivity contribution in [1.29, 1.82) is 0 Å². The lowest BCUT2D eigenvalue weighted by atomic mass is 9.81. The maximum Gasteiger partial charge on any atom is 0.416 e. The van der Waals surface area contributed by atoms with Gasteiger partial charge < -0.3 is 10.6 Å². The summed E-state index contributed by atoms with van der Waals surface area (Å²) < 4.78 is 41.8. The first-order valence-electron chi connectivity index (χ1n) is 13.3. The zero-order valence-electron chi connectivity index (χ0n) is 23.1. The molecule has 11 heteroatoms. The highest BCUT2D eigenvalue weighted by molar-refractivity contribution is 6.05. The Morgan fingerprint density at radius 2 is 1.69 bits per heavy atom. The quantitative estimate of drug-likeness (QED) is 0.320. The molecule has 5 rings (SSSR count). The number of rotatable bonds is 6. The number of alkyl halides is 3. The van der Waals surface area contributed by atoms with E-state index in [1.54, 1.807) is 42.8 Å². The van der Waals surface area contributed by atoms with Crippen molar-refractivity contribution in [2.45, 2.75) is 38.9 Å². The number of nitrogens with one attached hydrogen (secondary N) is 2. The van der Waals surface area contributed by atoms with Crippen molar-refractivity contribution in [3.63, 3.8) is 0 Å². The van der Waals surface area contributed by atoms with E-state index >= 15 is 0 Å². The third-order valence-corrected chi connectivity index (χ3v) is 7.14. The molecular weight excluding hydrogens is 547 g/mol. The van der Waals surface area contributed by atoms with Crippen molar-refractivity contribution in [3.05, 3.63) is 107 Å². The zero-order chi connectivity index (χ0) is 30.2. The Bertz CT molecular complexity index is 1670. The number of para-hydroxylation sites is 1. The average Bonchev–Trinajstić information content (AvgIpc) is 3.29. The maximum absolute atomic E-state index is 14.2. The number of halogens is 3. The number of likely N-dealkylation sites (N-methyl/N-ethyl adjacent to an activating group) is 1. The molecule has 2 heterocycles. The Hall–Kier alpha value is -4.93. The summed E-state index contributed by atoms with van der Waals surface area (Å²) in [7, 11) is 0. The number of nitrogens with zero attached hydrogens (tertiary/aromatic N) is 3. The van der Waals surface area contributed by atoms with E-state index in [4.69, 9.17) is 5.10 Å². The molecule has 0 saturated heterocycles. The topological polar surface area (TPSA) is 96.3 Å². The van der Waals surface area contributed by atoms with Crippen LogP contribution < -0.4 is 15.5 Å². The molecular formula is C31H28F3N5O3. The Labute approximate surface area is 240 Å². The van der Waals surface area contributed by atoms with Gasteiger partial charge in [0.25, 0.3) is 11.8 Å². The van der Waals surface area contributed by atoms with Gasteiger partial charge in [-0.3, -0.25) is 19.3 Å². The molecule has 2 atom stereocenters. The van der Waals surface area contributed by atoms with Gasteiger partial charge in [-0.2, -0.15) is 18.3 Å². The third kappa shape index (κ3) is 5.37. The van der Waals surface area contributed by atoms with E-state index in [-0.39, 0.29) is 18.0 Å². The fourth-order valence-corrected chi connectivity index (χ4v) is 5.37. The van der Waals surface area contributed by atoms with E-state index in [0.29, 0.717) is 28.3 Å². The van der Waals surface area contributed by atoms with Gasteiger partial charge in [-0.25, -0.2) is 4.68 Å². The van der Waals surface area contributed by atoms with Gasteiger partial charge in [-0.05, 0) is 61.9 Å². The summed E-state index contributed by atoms with van der Waals surface area (Å²) in [6.45, 7) is 5.22. The average molecular weight is 576 g/mol. The molecule has 0 aliphatic carbocycles. The van der Waals surface area contributed by atoms with E-state index in [1.807, 2.05) is 30.3 Å². The molecule has 4 aromatic rings. The molecule has 0 spiro atoms. The number of carbonyl (C=O) groups excluding carboxylic acids is 3. The summed E-state index contributed by atoms with van der Waals surface area (Å²) in [5.41, 5.74) is 1.91. The number of anilines is 2. The monoisotopic (exact) mass is 575 g/mol. The molecule has 1 aliphatic rings. The molecule has 3 amide bonds. The van der Waals surface area contributed by atoms with Gasteiger partial charge in [0.05, 0.1) is 16.9 Å². The zero-order valence-corrected chi connectivity index (χ0v) is 23.1. The largest absolute Gasteiger partial charge is 0.416 e. The molecule has 0 bridgehead atoms. The molecule has 0 radical (unpaired) electrons. The van der Waals surface area contributed by atoms with Crippen LogP contribution in [0.25, 0.3) is 5.69 Å². The highest BCUT2D eigenvalue weighted by Crippen LogP contribution is 2.44. The highest BCUT2D eigenvalue weighted by Gasteiger charge is 2.45. The van der Waals surface area contributed by atoms with Gasteiger partial charge in [0.1, 0.15) is 11.9 Å². The number of amides is 3. The molecule has 0 saturated carbocycles. The third-order valence-electron chi connectivity index (χ3n) is 7.14. The molecule has 0 unspecified atom stereocenters. The van der Waals surface area contributed by atoms with Crippen LogP contribution >= 0.6 is 0 Å². The Kier molecular flexibility index (Phi) is 7.59. The van der Waals surface area contributed by atoms with Gasteiger partial charge in [0.2, 0.25) is 5.91 Å². The predicted octanol–water partition coefficient (Wildman–Crippen LogP) is 5.45. The van der Waals surface area contributed by atoms with Crippen LogP contribution in [0.15, 0.2) is 78.9 Å². The summed E-state index contributed by atoms with van der Waals surface area (Å²) in [6, 6.07) is 19.1. The number of aromatic nitrogens is 2. The van der Waals surface area contributed by atoms with Gasteiger partial charge >= 0.3 is 6.18 Å². The smallest absolute Gasteiger partial charge is 0.339 e. The van der Waals surface area contributed by atoms with E-state index < -0.39 is 35.5 Å². The number of carbonyl (C=O) groups is 3. The maximum atomic E-state index is 14.2. The number of aryl methyl sites for hydroxylation is 1. The van der Waals surface area contributed by atoms with Crippen LogP contribution in [0, 0.1) is 6.92 Å². The molecule has 1 aliphatic heterocycles. The van der Waals surface area contributed by atoms with E-state index in [1.165, 1.54) is 17.9 Å². The summed E-state index contributed by atoms with van der Waals surface area (Å²) >= 11 is 0. The van der Waals surface area contributed by atoms with Crippen LogP contribution in [0.5, 0.6) is 0 Å². The number of hydrogen-bond acceptors (Lipinski definition) is 4. The van der Waals surface area contributed by atoms with Crippen LogP contribution in [-0.2, 0) is 15.8 Å². The van der Waals surface area contributed by atoms with Crippen molar-refractivity contribution in [2.75, 3.05) is 16.8 Å². The number of hydrogen-bond donors (Lipinski definition) is 2. The minimum atomic E-state index is -4.64. The standard InChI is InChI=1S/C31H28F3N5O3/c1-4-38-29-25(18(2)37-39(29)24-14-6-5-7-15-24)26(20-10-9-13-23(17-20)35-19(3)40)27(30(38)42)36-28(41)21-11-8-12-22(16-21)31(32,33)34/h5-17,26-27H,4H2,1-3H3,(H,35,40)(H,36,41)/t26-,27+/m0/s1. The molecule has 216 valence electrons. The first kappa shape index (κ1) is 28.6. The highest BCUT2D eigenvalue weighted by atomic mass is 19.4. The van der Waals surface area contributed by atoms with E-state index in [9.17, 15) is 27.6 Å². The second kappa shape index (κ2) is 11.2. The number of fused-ring (bicyclic) bond motifs is 1. The van der Waals surface area contributed by atoms with Gasteiger partial charge in [-0.1, -0.05) is 36.4 Å². The predicted molar refractivity (Wildman–Crippen MR) is 152 cm³/mol. The van der Waals surface area contributed by atoms with Crippen molar-refractivity contribution >= 4 is 29.2 Å². The van der Waals surface area contributed by atoms with Crippen LogP contribution in [-0.4, -0.2) is 40.1 Å². The second-order valence-corrected chi connectivity index (χ2v) is 9.97. The van der Waals surface area contributed by atoms with Gasteiger partial charge in [0, 0.05) is 36.2 Å². The first-order valence-corrected chi connectivity index (χ1v) is 13.3. The Balaban J connectivity index is 1.67. The first-order chi connectivity index (χ1) is 20.0. The lowest BCUT2D eigenvalue weighted by Crippen LogP contribution is -2.55. The summed E-state index contributed by atoms with van der Waals surface area (Å²) in [4.78, 5) is 40.9. The summed E-state index contributed by atoms with van der Waals surface area (Å²) in [6.07, 6.45) is -4.64. The summed E-state index contributed by atoms with van der Waals surface area (Å²) in [5.74, 6) is -1.79. The molecule has 1 aromatic heterocycles. The Morgan fingerprint density at radius 1 is 0.976 bits per heavy atom. The number of benzene rings is 3. The SMILES string of the molecule is CCN1C(=O)[C@H](NC(=O)c2cccc(C(F)(F)F)c2)[C@@H](c2cccc(NC(C)=O)c2)c2c(C)nn(-c3ccccc3)c21. The van der Waals surface area contributed by atoms with E-state index in [0.717, 1.165) is 23.9 Å². The Morgan fingerprint density at radius 3 is 2.36 bits per heavy atom. The lowest BCUT2D eigenvalue weighted by molar-refractivity contribution is -0.137. The van der Waals surface area contributed by atoms with Crippen molar-refractivity contribution in [1.82, 2.24) is 15.1 Å². The fourth-order valence-electron chi connectivity index (χ4n) is 5.37. The normalized spacial score (nSPS) is 16.6. The van der Waals surface area contributed by atoms with Crippen molar-refractivity contribution in [2.24, 2.45) is 0 Å². The van der Waals surface area contributed by atoms with Gasteiger partial charge in [-0.15, -0.1) is 0 Å². The van der Waals surface area contributed by atoms with Crippen molar-refractivity contribution < 1.29 is 27.6 Å². The van der Waals surface area contributed by atoms with E-state index in [2.05, 4.69) is 10.6 Å². The summed E-state index contributed by atoms with van der Waals surface area (Å²) in [5, 5.41) is 10.2. The minimum Gasteiger partial charge on any atom is -0.339 e. The lowest BCUT2D eigenvalue weighted by Gasteiger charge is -2.38. The van der Waals surface area contributed by atoms with Crippen LogP contribution in [0.2, 0.25) is 0 Å². The molecule has 3 aromatic carbocycles.